The number of halogens is 3. The molecule has 1 aromatic heterocycles. The van der Waals surface area contributed by atoms with Gasteiger partial charge >= 0.3 is 0 Å². The number of piperazine rings is 1. The Morgan fingerprint density at radius 3 is 2.02 bits per heavy atom. The van der Waals surface area contributed by atoms with Gasteiger partial charge in [-0.2, -0.15) is 5.10 Å². The summed E-state index contributed by atoms with van der Waals surface area (Å²) in [5, 5.41) is 8.03. The number of likely N-dealkylation sites (tertiary alicyclic amines) is 2. The summed E-state index contributed by atoms with van der Waals surface area (Å²) in [5.74, 6) is -2.10. The molecule has 4 aromatic carbocycles. The van der Waals surface area contributed by atoms with E-state index < -0.39 is 23.4 Å². The summed E-state index contributed by atoms with van der Waals surface area (Å²) in [4.78, 5) is 59.5. The SMILES string of the molecule is O=C(CN1CCC(OC2CCN(C(=O)c3c(F)cc(-c4ccccc4)cc3Cl)CC2)CC1)N1CCN(C(=O)c2cc(Cc3n[nH]c(=O)c4ccccc34)ccc2F)CC1. The first-order valence-electron chi connectivity index (χ1n) is 20.1. The van der Waals surface area contributed by atoms with Crippen LogP contribution in [-0.2, 0) is 16.0 Å². The van der Waals surface area contributed by atoms with Crippen molar-refractivity contribution >= 4 is 40.1 Å². The molecule has 14 heteroatoms. The Morgan fingerprint density at radius 2 is 1.32 bits per heavy atom. The molecule has 3 aliphatic rings. The molecular formula is C45H45ClF2N6O5. The van der Waals surface area contributed by atoms with Crippen LogP contribution in [0.5, 0.6) is 0 Å². The lowest BCUT2D eigenvalue weighted by Crippen LogP contribution is -2.53. The fraction of sp³-hybridized carbons (Fsp3) is 0.356. The van der Waals surface area contributed by atoms with Gasteiger partial charge in [0.05, 0.1) is 46.0 Å². The number of ether oxygens (including phenoxy) is 1. The summed E-state index contributed by atoms with van der Waals surface area (Å²) >= 11 is 6.45. The highest BCUT2D eigenvalue weighted by molar-refractivity contribution is 6.34. The first-order chi connectivity index (χ1) is 28.6. The molecule has 11 nitrogen and oxygen atoms in total. The van der Waals surface area contributed by atoms with E-state index in [-0.39, 0.29) is 46.4 Å². The molecule has 3 fully saturated rings. The Balaban J connectivity index is 0.765. The predicted octanol–water partition coefficient (Wildman–Crippen LogP) is 6.18. The van der Waals surface area contributed by atoms with E-state index in [9.17, 15) is 19.2 Å². The molecule has 3 aliphatic heterocycles. The topological polar surface area (TPSA) is 119 Å². The van der Waals surface area contributed by atoms with Crippen molar-refractivity contribution in [2.45, 2.75) is 44.3 Å². The number of carbonyl (C=O) groups excluding carboxylic acids is 3. The van der Waals surface area contributed by atoms with Crippen LogP contribution in [0.1, 0.15) is 57.7 Å². The first kappa shape index (κ1) is 40.3. The fourth-order valence-electron chi connectivity index (χ4n) is 8.37. The molecule has 8 rings (SSSR count). The summed E-state index contributed by atoms with van der Waals surface area (Å²) in [6.07, 6.45) is 3.18. The van der Waals surface area contributed by atoms with E-state index in [1.54, 1.807) is 45.0 Å². The minimum Gasteiger partial charge on any atom is -0.375 e. The van der Waals surface area contributed by atoms with Crippen LogP contribution in [0.2, 0.25) is 5.02 Å². The second-order valence-electron chi connectivity index (χ2n) is 15.5. The zero-order valence-electron chi connectivity index (χ0n) is 32.5. The number of nitrogens with one attached hydrogen (secondary N) is 1. The van der Waals surface area contributed by atoms with Gasteiger partial charge in [0.25, 0.3) is 17.4 Å². The molecule has 0 unspecified atom stereocenters. The van der Waals surface area contributed by atoms with Crippen molar-refractivity contribution in [2.75, 3.05) is 58.9 Å². The quantitative estimate of drug-likeness (QED) is 0.189. The highest BCUT2D eigenvalue weighted by Gasteiger charge is 2.32. The largest absolute Gasteiger partial charge is 0.375 e. The molecule has 3 amide bonds. The third-order valence-electron chi connectivity index (χ3n) is 11.7. The van der Waals surface area contributed by atoms with Crippen LogP contribution in [0.3, 0.4) is 0 Å². The summed E-state index contributed by atoms with van der Waals surface area (Å²) in [6.45, 7) is 3.90. The minimum atomic E-state index is -0.634. The zero-order chi connectivity index (χ0) is 41.0. The van der Waals surface area contributed by atoms with Crippen molar-refractivity contribution in [1.29, 1.82) is 0 Å². The second-order valence-corrected chi connectivity index (χ2v) is 15.9. The number of rotatable bonds is 9. The molecule has 59 heavy (non-hydrogen) atoms. The smallest absolute Gasteiger partial charge is 0.272 e. The molecule has 0 radical (unpaired) electrons. The number of hydrogen-bond acceptors (Lipinski definition) is 7. The van der Waals surface area contributed by atoms with Crippen molar-refractivity contribution in [1.82, 2.24) is 29.8 Å². The number of aromatic nitrogens is 2. The summed E-state index contributed by atoms with van der Waals surface area (Å²) in [7, 11) is 0. The van der Waals surface area contributed by atoms with E-state index in [0.29, 0.717) is 99.2 Å². The number of hydrogen-bond donors (Lipinski definition) is 1. The van der Waals surface area contributed by atoms with Crippen LogP contribution in [-0.4, -0.2) is 119 Å². The average molecular weight is 823 g/mol. The fourth-order valence-corrected chi connectivity index (χ4v) is 8.66. The molecule has 5 aromatic rings. The van der Waals surface area contributed by atoms with Gasteiger partial charge in [-0.3, -0.25) is 24.1 Å². The van der Waals surface area contributed by atoms with E-state index in [2.05, 4.69) is 15.1 Å². The Bertz CT molecular complexity index is 2380. The lowest BCUT2D eigenvalue weighted by atomic mass is 10.0. The van der Waals surface area contributed by atoms with E-state index in [4.69, 9.17) is 16.3 Å². The second kappa shape index (κ2) is 17.8. The van der Waals surface area contributed by atoms with Gasteiger partial charge < -0.3 is 19.4 Å². The number of benzene rings is 4. The number of H-pyrrole nitrogens is 1. The van der Waals surface area contributed by atoms with E-state index in [1.807, 2.05) is 42.5 Å². The minimum absolute atomic E-state index is 0.00596. The predicted molar refractivity (Wildman–Crippen MR) is 220 cm³/mol. The maximum atomic E-state index is 15.2. The van der Waals surface area contributed by atoms with Crippen LogP contribution in [0.25, 0.3) is 21.9 Å². The van der Waals surface area contributed by atoms with Gasteiger partial charge in [-0.25, -0.2) is 13.9 Å². The highest BCUT2D eigenvalue weighted by atomic mass is 35.5. The van der Waals surface area contributed by atoms with Crippen molar-refractivity contribution in [3.63, 3.8) is 0 Å². The maximum Gasteiger partial charge on any atom is 0.272 e. The Labute approximate surface area is 345 Å². The summed E-state index contributed by atoms with van der Waals surface area (Å²) in [5.41, 5.74) is 2.31. The van der Waals surface area contributed by atoms with Gasteiger partial charge in [-0.15, -0.1) is 0 Å². The van der Waals surface area contributed by atoms with Gasteiger partial charge in [0, 0.05) is 64.2 Å². The molecule has 306 valence electrons. The molecule has 0 saturated carbocycles. The number of carbonyl (C=O) groups is 3. The van der Waals surface area contributed by atoms with Crippen molar-refractivity contribution < 1.29 is 27.9 Å². The van der Waals surface area contributed by atoms with Gasteiger partial charge in [-0.05, 0) is 72.7 Å². The number of nitrogens with zero attached hydrogens (tertiary/aromatic N) is 5. The zero-order valence-corrected chi connectivity index (χ0v) is 33.3. The van der Waals surface area contributed by atoms with Crippen molar-refractivity contribution in [3.05, 3.63) is 134 Å². The van der Waals surface area contributed by atoms with E-state index in [1.165, 1.54) is 12.1 Å². The van der Waals surface area contributed by atoms with Crippen LogP contribution in [0, 0.1) is 11.6 Å². The Morgan fingerprint density at radius 1 is 0.695 bits per heavy atom. The third-order valence-corrected chi connectivity index (χ3v) is 12.0. The molecule has 0 aliphatic carbocycles. The van der Waals surface area contributed by atoms with Crippen molar-refractivity contribution in [3.8, 4) is 11.1 Å². The van der Waals surface area contributed by atoms with Crippen LogP contribution < -0.4 is 5.56 Å². The number of fused-ring (bicyclic) bond motifs is 1. The van der Waals surface area contributed by atoms with Crippen LogP contribution in [0.4, 0.5) is 8.78 Å². The van der Waals surface area contributed by atoms with Crippen LogP contribution >= 0.6 is 11.6 Å². The molecule has 0 atom stereocenters. The van der Waals surface area contributed by atoms with E-state index in [0.717, 1.165) is 18.4 Å². The summed E-state index contributed by atoms with van der Waals surface area (Å²) < 4.78 is 36.7. The van der Waals surface area contributed by atoms with Crippen LogP contribution in [0.15, 0.2) is 89.7 Å². The van der Waals surface area contributed by atoms with Gasteiger partial charge in [0.15, 0.2) is 0 Å². The first-order valence-corrected chi connectivity index (χ1v) is 20.5. The highest BCUT2D eigenvalue weighted by Crippen LogP contribution is 2.31. The molecule has 4 heterocycles. The lowest BCUT2D eigenvalue weighted by molar-refractivity contribution is -0.135. The molecule has 1 N–H and O–H groups in total. The standard InChI is InChI=1S/C45H45ClF2N6O5/c46-37-26-31(30-6-2-1-3-7-30)27-39(48)42(37)45(58)53-18-14-33(15-19-53)59-32-12-16-51(17-13-32)28-41(55)52-20-22-54(23-21-52)44(57)36-24-29(10-11-38(36)47)25-40-34-8-4-5-9-35(34)43(56)50-49-40/h1-11,24,26-27,32-33H,12-23,25,28H2,(H,50,56). The van der Waals surface area contributed by atoms with E-state index >= 15 is 8.78 Å². The van der Waals surface area contributed by atoms with Gasteiger partial charge in [0.1, 0.15) is 11.6 Å². The third kappa shape index (κ3) is 9.07. The monoisotopic (exact) mass is 822 g/mol. The lowest BCUT2D eigenvalue weighted by Gasteiger charge is -2.38. The molecule has 0 spiro atoms. The Hall–Kier alpha value is -5.50. The maximum absolute atomic E-state index is 15.2. The number of piperidine rings is 2. The molecule has 0 bridgehead atoms. The number of aromatic amines is 1. The Kier molecular flexibility index (Phi) is 12.1. The normalized spacial score (nSPS) is 17.1. The summed E-state index contributed by atoms with van der Waals surface area (Å²) in [6, 6.07) is 23.9. The van der Waals surface area contributed by atoms with Gasteiger partial charge in [-0.1, -0.05) is 66.2 Å². The van der Waals surface area contributed by atoms with Crippen molar-refractivity contribution in [2.24, 2.45) is 0 Å². The van der Waals surface area contributed by atoms with Gasteiger partial charge in [0.2, 0.25) is 5.91 Å². The number of amides is 3. The average Bonchev–Trinajstić information content (AvgIpc) is 3.26. The molecule has 3 saturated heterocycles. The molecular weight excluding hydrogens is 778 g/mol.